The summed E-state index contributed by atoms with van der Waals surface area (Å²) in [6.45, 7) is 4.67. The van der Waals surface area contributed by atoms with Crippen LogP contribution in [0.3, 0.4) is 0 Å². The van der Waals surface area contributed by atoms with Gasteiger partial charge in [-0.15, -0.1) is 0 Å². The van der Waals surface area contributed by atoms with E-state index < -0.39 is 0 Å². The minimum atomic E-state index is 0.265. The van der Waals surface area contributed by atoms with E-state index in [1.165, 1.54) is 122 Å². The quantitative estimate of drug-likeness (QED) is 0.174. The lowest BCUT2D eigenvalue weighted by molar-refractivity contribution is -0.00503. The molecule has 8 aliphatic rings. The van der Waals surface area contributed by atoms with Gasteiger partial charge in [-0.2, -0.15) is 0 Å². The number of hydrogen-bond acceptors (Lipinski definition) is 1. The molecule has 8 fully saturated rings. The molecule has 52 heavy (non-hydrogen) atoms. The maximum Gasteiger partial charge on any atom is 0.0718 e. The molecule has 13 rings (SSSR count). The van der Waals surface area contributed by atoms with Gasteiger partial charge in [-0.1, -0.05) is 102 Å². The lowest BCUT2D eigenvalue weighted by atomic mass is 9.47. The third-order valence-electron chi connectivity index (χ3n) is 15.2. The highest BCUT2D eigenvalue weighted by Gasteiger charge is 2.54. The van der Waals surface area contributed by atoms with Crippen LogP contribution >= 0.6 is 0 Å². The average molecular weight is 680 g/mol. The lowest BCUT2D eigenvalue weighted by Gasteiger charge is -2.57. The molecule has 8 saturated carbocycles. The molecule has 8 aliphatic carbocycles. The second-order valence-electron chi connectivity index (χ2n) is 19.0. The molecule has 1 heterocycles. The van der Waals surface area contributed by atoms with E-state index in [0.29, 0.717) is 0 Å². The monoisotopic (exact) mass is 679 g/mol. The van der Waals surface area contributed by atoms with Crippen LogP contribution in [0.1, 0.15) is 99.3 Å². The third-order valence-corrected chi connectivity index (χ3v) is 15.2. The van der Waals surface area contributed by atoms with Crippen molar-refractivity contribution in [3.8, 4) is 44.8 Å². The fourth-order valence-electron chi connectivity index (χ4n) is 14.2. The van der Waals surface area contributed by atoms with Crippen LogP contribution in [0.25, 0.3) is 44.8 Å². The molecule has 0 atom stereocenters. The molecule has 1 aromatic heterocycles. The summed E-state index contributed by atoms with van der Waals surface area (Å²) in [5.74, 6) is 5.35. The molecule has 1 nitrogen and oxygen atoms in total. The highest BCUT2D eigenvalue weighted by molar-refractivity contribution is 5.89. The standard InChI is InChI=1S/C51H53N/c1-32-16-42(40-10-5-3-6-11-40)48(44(18-32)50-26-34-20-35(27-50)22-36(21-34)28-50)46-14-9-15-47(52-46)49-43(41-12-7-4-8-13-41)17-33(2)19-45(49)51-29-37-23-38(30-51)25-39(24-37)31-51/h3-19,34-39H,20-31H2,1-2H3. The molecule has 0 N–H and O–H groups in total. The Labute approximate surface area is 311 Å². The predicted octanol–water partition coefficient (Wildman–Crippen LogP) is 13.3. The molecule has 0 radical (unpaired) electrons. The van der Waals surface area contributed by atoms with Crippen LogP contribution in [0.5, 0.6) is 0 Å². The highest BCUT2D eigenvalue weighted by Crippen LogP contribution is 2.64. The number of benzene rings is 4. The van der Waals surface area contributed by atoms with Crippen LogP contribution in [0.4, 0.5) is 0 Å². The van der Waals surface area contributed by atoms with Gasteiger partial charge in [0.25, 0.3) is 0 Å². The average Bonchev–Trinajstić information content (AvgIpc) is 3.14. The molecule has 0 spiro atoms. The Balaban J connectivity index is 1.15. The van der Waals surface area contributed by atoms with E-state index in [4.69, 9.17) is 4.98 Å². The molecule has 8 bridgehead atoms. The van der Waals surface area contributed by atoms with Crippen molar-refractivity contribution in [3.63, 3.8) is 0 Å². The first-order valence-corrected chi connectivity index (χ1v) is 20.8. The Morgan fingerprint density at radius 1 is 0.423 bits per heavy atom. The van der Waals surface area contributed by atoms with E-state index in [1.807, 2.05) is 0 Å². The van der Waals surface area contributed by atoms with Crippen molar-refractivity contribution in [2.24, 2.45) is 35.5 Å². The van der Waals surface area contributed by atoms with Crippen molar-refractivity contribution < 1.29 is 0 Å². The minimum Gasteiger partial charge on any atom is -0.248 e. The Morgan fingerprint density at radius 3 is 1.12 bits per heavy atom. The summed E-state index contributed by atoms with van der Waals surface area (Å²) in [5.41, 5.74) is 17.0. The number of aryl methyl sites for hydroxylation is 2. The van der Waals surface area contributed by atoms with E-state index in [2.05, 4.69) is 117 Å². The molecule has 1 heteroatoms. The van der Waals surface area contributed by atoms with E-state index in [-0.39, 0.29) is 10.8 Å². The Morgan fingerprint density at radius 2 is 0.769 bits per heavy atom. The lowest BCUT2D eigenvalue weighted by Crippen LogP contribution is -2.48. The van der Waals surface area contributed by atoms with Crippen molar-refractivity contribution in [2.75, 3.05) is 0 Å². The summed E-state index contributed by atoms with van der Waals surface area (Å²) in [6.07, 6.45) is 16.9. The van der Waals surface area contributed by atoms with Gasteiger partial charge in [0.1, 0.15) is 0 Å². The third kappa shape index (κ3) is 5.04. The van der Waals surface area contributed by atoms with Gasteiger partial charge in [0.15, 0.2) is 0 Å². The molecule has 0 saturated heterocycles. The zero-order chi connectivity index (χ0) is 34.6. The summed E-state index contributed by atoms with van der Waals surface area (Å²) >= 11 is 0. The molecule has 262 valence electrons. The van der Waals surface area contributed by atoms with Crippen molar-refractivity contribution in [3.05, 3.63) is 125 Å². The van der Waals surface area contributed by atoms with E-state index in [9.17, 15) is 0 Å². The normalized spacial score (nSPS) is 32.4. The molecule has 0 amide bonds. The van der Waals surface area contributed by atoms with Crippen LogP contribution < -0.4 is 0 Å². The van der Waals surface area contributed by atoms with Crippen LogP contribution in [-0.2, 0) is 10.8 Å². The van der Waals surface area contributed by atoms with Crippen molar-refractivity contribution in [2.45, 2.75) is 102 Å². The van der Waals surface area contributed by atoms with Crippen molar-refractivity contribution >= 4 is 0 Å². The van der Waals surface area contributed by atoms with Gasteiger partial charge >= 0.3 is 0 Å². The fourth-order valence-corrected chi connectivity index (χ4v) is 14.2. The number of pyridine rings is 1. The molecular formula is C51H53N. The van der Waals surface area contributed by atoms with Crippen molar-refractivity contribution in [1.82, 2.24) is 4.98 Å². The Bertz CT molecular complexity index is 1950. The smallest absolute Gasteiger partial charge is 0.0718 e. The Kier molecular flexibility index (Phi) is 7.14. The second kappa shape index (κ2) is 11.8. The zero-order valence-electron chi connectivity index (χ0n) is 31.2. The van der Waals surface area contributed by atoms with Gasteiger partial charge in [-0.25, -0.2) is 4.98 Å². The summed E-state index contributed by atoms with van der Waals surface area (Å²) in [7, 11) is 0. The molecule has 4 aromatic carbocycles. The maximum absolute atomic E-state index is 5.92. The van der Waals surface area contributed by atoms with Gasteiger partial charge in [-0.05, 0) is 183 Å². The molecule has 0 unspecified atom stereocenters. The summed E-state index contributed by atoms with van der Waals surface area (Å²) in [4.78, 5) is 5.92. The molecular weight excluding hydrogens is 627 g/mol. The van der Waals surface area contributed by atoms with Gasteiger partial charge in [0, 0.05) is 11.1 Å². The van der Waals surface area contributed by atoms with Gasteiger partial charge in [0.05, 0.1) is 11.4 Å². The maximum atomic E-state index is 5.92. The first-order valence-electron chi connectivity index (χ1n) is 20.8. The SMILES string of the molecule is Cc1cc(-c2ccccc2)c(-c2cccc(-c3c(-c4ccccc4)cc(C)cc3C34CC5CC(CC(C5)C3)C4)n2)c(C23CC4CC(CC(C4)C2)C3)c1. The zero-order valence-corrected chi connectivity index (χ0v) is 31.2. The number of nitrogens with zero attached hydrogens (tertiary/aromatic N) is 1. The van der Waals surface area contributed by atoms with Crippen LogP contribution in [0.2, 0.25) is 0 Å². The number of hydrogen-bond donors (Lipinski definition) is 0. The topological polar surface area (TPSA) is 12.9 Å². The van der Waals surface area contributed by atoms with Crippen LogP contribution in [-0.4, -0.2) is 4.98 Å². The van der Waals surface area contributed by atoms with Crippen LogP contribution in [0, 0.1) is 49.4 Å². The number of rotatable bonds is 6. The van der Waals surface area contributed by atoms with Gasteiger partial charge < -0.3 is 0 Å². The first-order chi connectivity index (χ1) is 25.4. The second-order valence-corrected chi connectivity index (χ2v) is 19.0. The van der Waals surface area contributed by atoms with E-state index >= 15 is 0 Å². The highest BCUT2D eigenvalue weighted by atomic mass is 14.7. The van der Waals surface area contributed by atoms with Crippen LogP contribution in [0.15, 0.2) is 103 Å². The van der Waals surface area contributed by atoms with Gasteiger partial charge in [-0.3, -0.25) is 0 Å². The summed E-state index contributed by atoms with van der Waals surface area (Å²) < 4.78 is 0. The molecule has 0 aliphatic heterocycles. The predicted molar refractivity (Wildman–Crippen MR) is 215 cm³/mol. The minimum absolute atomic E-state index is 0.265. The number of aromatic nitrogens is 1. The fraction of sp³-hybridized carbons (Fsp3) is 0.431. The van der Waals surface area contributed by atoms with E-state index in [1.54, 1.807) is 11.1 Å². The first kappa shape index (κ1) is 31.5. The van der Waals surface area contributed by atoms with Gasteiger partial charge in [0.2, 0.25) is 0 Å². The largest absolute Gasteiger partial charge is 0.248 e. The summed E-state index contributed by atoms with van der Waals surface area (Å²) in [6, 6.07) is 39.6. The molecule has 5 aromatic rings. The summed E-state index contributed by atoms with van der Waals surface area (Å²) in [5, 5.41) is 0. The Hall–Kier alpha value is -3.97. The van der Waals surface area contributed by atoms with Crippen molar-refractivity contribution in [1.29, 1.82) is 0 Å². The van der Waals surface area contributed by atoms with E-state index in [0.717, 1.165) is 46.9 Å².